The lowest BCUT2D eigenvalue weighted by atomic mass is 10.2. The normalized spacial score (nSPS) is 10.9. The largest absolute Gasteiger partial charge is 0.496 e. The first kappa shape index (κ1) is 23.0. The number of methoxy groups -OCH3 is 1. The Kier molecular flexibility index (Phi) is 6.57. The summed E-state index contributed by atoms with van der Waals surface area (Å²) in [6.07, 6.45) is 4.63. The van der Waals surface area contributed by atoms with E-state index >= 15 is 0 Å². The molecule has 5 rings (SSSR count). The van der Waals surface area contributed by atoms with Gasteiger partial charge in [-0.05, 0) is 18.6 Å². The highest BCUT2D eigenvalue weighted by Crippen LogP contribution is 2.27. The molecule has 36 heavy (non-hydrogen) atoms. The standard InChI is InChI=1S/C26H24N6O4/c1-3-35-25(33)20-13-28-32(15-20)26-29-23-22(24(30-26)36-16-18-9-5-4-6-10-18)31(17-27-23)14-19-11-7-8-12-21(19)34-2/h4-13,15,17H,3,14,16H2,1-2H3. The second-order valence-corrected chi connectivity index (χ2v) is 7.85. The number of carbonyl (C=O) groups is 1. The van der Waals surface area contributed by atoms with Gasteiger partial charge in [0.2, 0.25) is 5.88 Å². The summed E-state index contributed by atoms with van der Waals surface area (Å²) in [7, 11) is 1.64. The number of rotatable bonds is 9. The molecule has 0 radical (unpaired) electrons. The molecule has 0 saturated carbocycles. The molecule has 0 fully saturated rings. The molecule has 0 saturated heterocycles. The van der Waals surface area contributed by atoms with E-state index < -0.39 is 5.97 Å². The zero-order valence-electron chi connectivity index (χ0n) is 19.9. The van der Waals surface area contributed by atoms with Crippen molar-refractivity contribution in [1.82, 2.24) is 29.3 Å². The van der Waals surface area contributed by atoms with Crippen LogP contribution in [0.15, 0.2) is 73.3 Å². The number of carbonyl (C=O) groups excluding carboxylic acids is 1. The highest BCUT2D eigenvalue weighted by Gasteiger charge is 2.19. The maximum Gasteiger partial charge on any atom is 0.341 e. The summed E-state index contributed by atoms with van der Waals surface area (Å²) in [6.45, 7) is 2.81. The van der Waals surface area contributed by atoms with Crippen LogP contribution in [0.3, 0.4) is 0 Å². The first-order valence-electron chi connectivity index (χ1n) is 11.4. The van der Waals surface area contributed by atoms with Gasteiger partial charge in [-0.3, -0.25) is 0 Å². The third-order valence-electron chi connectivity index (χ3n) is 5.48. The van der Waals surface area contributed by atoms with E-state index in [4.69, 9.17) is 14.2 Å². The molecular weight excluding hydrogens is 460 g/mol. The minimum absolute atomic E-state index is 0.226. The molecule has 0 aliphatic rings. The van der Waals surface area contributed by atoms with Crippen LogP contribution in [0.2, 0.25) is 0 Å². The minimum Gasteiger partial charge on any atom is -0.496 e. The molecule has 3 heterocycles. The van der Waals surface area contributed by atoms with E-state index in [1.807, 2.05) is 59.2 Å². The molecule has 0 spiro atoms. The fourth-order valence-electron chi connectivity index (χ4n) is 3.75. The molecule has 0 N–H and O–H groups in total. The quantitative estimate of drug-likeness (QED) is 0.291. The number of esters is 1. The smallest absolute Gasteiger partial charge is 0.341 e. The van der Waals surface area contributed by atoms with Crippen molar-refractivity contribution in [2.45, 2.75) is 20.1 Å². The van der Waals surface area contributed by atoms with Crippen molar-refractivity contribution >= 4 is 17.1 Å². The average molecular weight is 485 g/mol. The van der Waals surface area contributed by atoms with E-state index in [1.165, 1.54) is 17.1 Å². The number of ether oxygens (including phenoxy) is 3. The van der Waals surface area contributed by atoms with E-state index in [0.717, 1.165) is 16.9 Å². The molecule has 0 atom stereocenters. The van der Waals surface area contributed by atoms with Crippen LogP contribution in [0, 0.1) is 0 Å². The van der Waals surface area contributed by atoms with Crippen LogP contribution < -0.4 is 9.47 Å². The number of benzene rings is 2. The van der Waals surface area contributed by atoms with E-state index in [-0.39, 0.29) is 12.6 Å². The Morgan fingerprint density at radius 1 is 1.03 bits per heavy atom. The Hall–Kier alpha value is -4.73. The minimum atomic E-state index is -0.466. The first-order chi connectivity index (χ1) is 17.7. The predicted octanol–water partition coefficient (Wildman–Crippen LogP) is 3.82. The molecule has 5 aromatic rings. The Labute approximate surface area is 207 Å². The number of fused-ring (bicyclic) bond motifs is 1. The van der Waals surface area contributed by atoms with Gasteiger partial charge in [-0.1, -0.05) is 48.5 Å². The van der Waals surface area contributed by atoms with Crippen LogP contribution in [0.25, 0.3) is 17.1 Å². The van der Waals surface area contributed by atoms with Gasteiger partial charge in [0.15, 0.2) is 11.2 Å². The lowest BCUT2D eigenvalue weighted by molar-refractivity contribution is 0.0526. The summed E-state index contributed by atoms with van der Waals surface area (Å²) >= 11 is 0. The summed E-state index contributed by atoms with van der Waals surface area (Å²) in [6, 6.07) is 17.6. The third-order valence-corrected chi connectivity index (χ3v) is 5.48. The van der Waals surface area contributed by atoms with Crippen LogP contribution in [0.4, 0.5) is 0 Å². The Balaban J connectivity index is 1.55. The lowest BCUT2D eigenvalue weighted by Gasteiger charge is -2.12. The van der Waals surface area contributed by atoms with Crippen molar-refractivity contribution < 1.29 is 19.0 Å². The molecular formula is C26H24N6O4. The van der Waals surface area contributed by atoms with Gasteiger partial charge in [-0.15, -0.1) is 0 Å². The number of imidazole rings is 1. The molecule has 10 nitrogen and oxygen atoms in total. The molecule has 0 bridgehead atoms. The van der Waals surface area contributed by atoms with Crippen LogP contribution in [0.5, 0.6) is 11.6 Å². The van der Waals surface area contributed by atoms with Crippen LogP contribution >= 0.6 is 0 Å². The molecule has 0 aliphatic heterocycles. The third kappa shape index (κ3) is 4.74. The van der Waals surface area contributed by atoms with Crippen molar-refractivity contribution in [3.8, 4) is 17.6 Å². The van der Waals surface area contributed by atoms with Crippen LogP contribution in [-0.2, 0) is 17.9 Å². The fourth-order valence-corrected chi connectivity index (χ4v) is 3.75. The van der Waals surface area contributed by atoms with Gasteiger partial charge >= 0.3 is 5.97 Å². The van der Waals surface area contributed by atoms with Crippen molar-refractivity contribution in [2.75, 3.05) is 13.7 Å². The number of hydrogen-bond donors (Lipinski definition) is 0. The van der Waals surface area contributed by atoms with Crippen molar-refractivity contribution in [1.29, 1.82) is 0 Å². The van der Waals surface area contributed by atoms with E-state index in [2.05, 4.69) is 20.1 Å². The van der Waals surface area contributed by atoms with Crippen molar-refractivity contribution in [3.63, 3.8) is 0 Å². The molecule has 0 amide bonds. The molecule has 0 aliphatic carbocycles. The van der Waals surface area contributed by atoms with E-state index in [9.17, 15) is 4.79 Å². The molecule has 182 valence electrons. The van der Waals surface area contributed by atoms with Gasteiger partial charge in [0, 0.05) is 11.8 Å². The van der Waals surface area contributed by atoms with Crippen molar-refractivity contribution in [2.24, 2.45) is 0 Å². The number of aromatic nitrogens is 6. The number of para-hydroxylation sites is 1. The fraction of sp³-hybridized carbons (Fsp3) is 0.192. The monoisotopic (exact) mass is 484 g/mol. The number of hydrogen-bond acceptors (Lipinski definition) is 8. The highest BCUT2D eigenvalue weighted by atomic mass is 16.5. The summed E-state index contributed by atoms with van der Waals surface area (Å²) < 4.78 is 20.1. The second kappa shape index (κ2) is 10.3. The molecule has 0 unspecified atom stereocenters. The zero-order valence-corrected chi connectivity index (χ0v) is 19.9. The molecule has 2 aromatic carbocycles. The maximum absolute atomic E-state index is 12.1. The highest BCUT2D eigenvalue weighted by molar-refractivity contribution is 5.88. The second-order valence-electron chi connectivity index (χ2n) is 7.85. The van der Waals surface area contributed by atoms with Gasteiger partial charge in [0.1, 0.15) is 12.4 Å². The Bertz CT molecular complexity index is 1500. The molecule has 3 aromatic heterocycles. The van der Waals surface area contributed by atoms with Gasteiger partial charge < -0.3 is 18.8 Å². The lowest BCUT2D eigenvalue weighted by Crippen LogP contribution is -2.08. The van der Waals surface area contributed by atoms with Gasteiger partial charge in [0.25, 0.3) is 5.95 Å². The zero-order chi connectivity index (χ0) is 24.9. The van der Waals surface area contributed by atoms with Crippen molar-refractivity contribution in [3.05, 3.63) is 90.0 Å². The average Bonchev–Trinajstić information content (AvgIpc) is 3.56. The topological polar surface area (TPSA) is 106 Å². The summed E-state index contributed by atoms with van der Waals surface area (Å²) in [5.74, 6) is 0.876. The summed E-state index contributed by atoms with van der Waals surface area (Å²) in [5.41, 5.74) is 3.34. The maximum atomic E-state index is 12.1. The Morgan fingerprint density at radius 2 is 1.83 bits per heavy atom. The van der Waals surface area contributed by atoms with Gasteiger partial charge in [0.05, 0.1) is 38.3 Å². The van der Waals surface area contributed by atoms with Gasteiger partial charge in [-0.2, -0.15) is 15.1 Å². The molecule has 10 heteroatoms. The number of nitrogens with zero attached hydrogens (tertiary/aromatic N) is 6. The summed E-state index contributed by atoms with van der Waals surface area (Å²) in [5, 5.41) is 4.24. The SMILES string of the molecule is CCOC(=O)c1cnn(-c2nc(OCc3ccccc3)c3c(ncn3Cc3ccccc3OC)n2)c1. The summed E-state index contributed by atoms with van der Waals surface area (Å²) in [4.78, 5) is 25.8. The van der Waals surface area contributed by atoms with Crippen LogP contribution in [-0.4, -0.2) is 49.0 Å². The van der Waals surface area contributed by atoms with E-state index in [1.54, 1.807) is 20.4 Å². The van der Waals surface area contributed by atoms with Gasteiger partial charge in [-0.25, -0.2) is 14.5 Å². The first-order valence-corrected chi connectivity index (χ1v) is 11.4. The van der Waals surface area contributed by atoms with E-state index in [0.29, 0.717) is 35.8 Å². The Morgan fingerprint density at radius 3 is 2.64 bits per heavy atom. The van der Waals surface area contributed by atoms with Crippen LogP contribution in [0.1, 0.15) is 28.4 Å². The predicted molar refractivity (Wildman–Crippen MR) is 131 cm³/mol.